The normalized spacial score (nSPS) is 16.5. The Kier molecular flexibility index (Phi) is 14.2. The number of benzene rings is 5. The van der Waals surface area contributed by atoms with Crippen LogP contribution in [0.5, 0.6) is 11.5 Å². The summed E-state index contributed by atoms with van der Waals surface area (Å²) in [5.74, 6) is 2.60. The molecule has 13 nitrogen and oxygen atoms in total. The van der Waals surface area contributed by atoms with Crippen molar-refractivity contribution in [1.82, 2.24) is 29.7 Å². The molecule has 2 aliphatic heterocycles. The first-order valence-electron chi connectivity index (χ1n) is 24.2. The largest absolute Gasteiger partial charge is 0.457 e. The topological polar surface area (TPSA) is 146 Å². The van der Waals surface area contributed by atoms with Gasteiger partial charge in [0.2, 0.25) is 0 Å². The van der Waals surface area contributed by atoms with Crippen molar-refractivity contribution in [3.63, 3.8) is 0 Å². The number of aromatic nitrogens is 4. The first-order valence-corrected chi connectivity index (χ1v) is 25.4. The Bertz CT molecular complexity index is 2970. The number of fused-ring (bicyclic) bond motifs is 2. The molecule has 0 atom stereocenters. The molecule has 0 spiro atoms. The smallest absolute Gasteiger partial charge is 0.251 e. The zero-order chi connectivity index (χ0) is 47.4. The summed E-state index contributed by atoms with van der Waals surface area (Å²) in [5, 5.41) is 14.0. The number of carbonyl (C=O) groups is 2. The molecule has 15 heteroatoms. The van der Waals surface area contributed by atoms with Crippen LogP contribution >= 0.6 is 27.5 Å². The van der Waals surface area contributed by atoms with Crippen molar-refractivity contribution in [3.05, 3.63) is 129 Å². The Hall–Kier alpha value is -5.93. The molecule has 358 valence electrons. The molecule has 2 saturated heterocycles. The molecule has 0 bridgehead atoms. The minimum atomic E-state index is -0.00899. The highest BCUT2D eigenvalue weighted by Crippen LogP contribution is 2.35. The van der Waals surface area contributed by atoms with Crippen molar-refractivity contribution in [2.45, 2.75) is 77.3 Å². The van der Waals surface area contributed by atoms with Gasteiger partial charge in [-0.3, -0.25) is 18.7 Å². The number of halogens is 2. The predicted molar refractivity (Wildman–Crippen MR) is 276 cm³/mol. The summed E-state index contributed by atoms with van der Waals surface area (Å²) in [6.45, 7) is 9.05. The van der Waals surface area contributed by atoms with E-state index in [2.05, 4.69) is 60.0 Å². The fourth-order valence-corrected chi connectivity index (χ4v) is 9.62. The number of hydrogen-bond acceptors (Lipinski definition) is 9. The maximum Gasteiger partial charge on any atom is 0.251 e. The molecule has 2 amide bonds. The van der Waals surface area contributed by atoms with Crippen LogP contribution in [0.15, 0.2) is 102 Å². The molecule has 69 heavy (non-hydrogen) atoms. The van der Waals surface area contributed by atoms with Crippen LogP contribution in [0.3, 0.4) is 0 Å². The molecule has 0 radical (unpaired) electrons. The van der Waals surface area contributed by atoms with E-state index in [1.807, 2.05) is 97.8 Å². The minimum absolute atomic E-state index is 0.00899. The third-order valence-electron chi connectivity index (χ3n) is 13.4. The van der Waals surface area contributed by atoms with Gasteiger partial charge in [-0.05, 0) is 161 Å². The summed E-state index contributed by atoms with van der Waals surface area (Å²) in [6, 6.07) is 28.1. The summed E-state index contributed by atoms with van der Waals surface area (Å²) >= 11 is 9.73. The summed E-state index contributed by atoms with van der Waals surface area (Å²) in [5.41, 5.74) is 11.0. The predicted octanol–water partition coefficient (Wildman–Crippen LogP) is 11.3. The summed E-state index contributed by atoms with van der Waals surface area (Å²) in [7, 11) is 0. The number of rotatable bonds is 14. The fraction of sp³-hybridized carbons (Fsp3) is 0.370. The van der Waals surface area contributed by atoms with Gasteiger partial charge < -0.3 is 35.5 Å². The van der Waals surface area contributed by atoms with Gasteiger partial charge in [0, 0.05) is 95.7 Å². The van der Waals surface area contributed by atoms with Crippen LogP contribution in [0, 0.1) is 25.7 Å². The van der Waals surface area contributed by atoms with Crippen molar-refractivity contribution in [3.8, 4) is 22.9 Å². The van der Waals surface area contributed by atoms with Gasteiger partial charge in [0.1, 0.15) is 35.2 Å². The molecule has 11 rings (SSSR count). The number of nitrogens with zero attached hydrogens (tertiary/aromatic N) is 4. The van der Waals surface area contributed by atoms with Gasteiger partial charge in [0.25, 0.3) is 11.8 Å². The molecular formula is C54H58BrClN8O5. The van der Waals surface area contributed by atoms with E-state index < -0.39 is 0 Å². The highest BCUT2D eigenvalue weighted by atomic mass is 79.9. The van der Waals surface area contributed by atoms with Crippen molar-refractivity contribution in [2.24, 2.45) is 11.8 Å². The molecule has 4 fully saturated rings. The van der Waals surface area contributed by atoms with E-state index in [9.17, 15) is 9.59 Å². The third kappa shape index (κ3) is 11.4. The van der Waals surface area contributed by atoms with Crippen molar-refractivity contribution in [2.75, 3.05) is 50.2 Å². The number of ether oxygens (including phenoxy) is 3. The standard InChI is InChI=1S/C30H31ClN4O3.C24H27BrN4O2/c1-19-14-23(6-9-26(19)30(36)34-22-4-5-22)35-18-33-29-27(32-17-20-10-12-37-13-11-20)15-25(16-28(29)35)38-24-7-2-21(31)3-8-24;1-15-10-19(4-5-20(15)24(30)28-18-2-3-18)29-14-27-23-21(11-17(25)12-22(23)29)26-13-16-6-8-31-9-7-16/h2-3,6-9,14-16,18,20,22,32H,4-5,10-13,17H2,1H3,(H,34,36);4-5,10-12,14,16,18,26H,2-3,6-9,13H2,1H3,(H,28,30). The summed E-state index contributed by atoms with van der Waals surface area (Å²) in [6.07, 6.45) is 12.3. The minimum Gasteiger partial charge on any atom is -0.457 e. The first kappa shape index (κ1) is 46.8. The average Bonchev–Trinajstić information content (AvgIpc) is 4.28. The van der Waals surface area contributed by atoms with E-state index in [1.165, 1.54) is 0 Å². The molecule has 4 heterocycles. The number of anilines is 2. The highest BCUT2D eigenvalue weighted by Gasteiger charge is 2.26. The maximum atomic E-state index is 12.6. The van der Waals surface area contributed by atoms with Crippen LogP contribution in [0.25, 0.3) is 33.4 Å². The third-order valence-corrected chi connectivity index (χ3v) is 14.1. The summed E-state index contributed by atoms with van der Waals surface area (Å²) < 4.78 is 22.4. The molecule has 2 saturated carbocycles. The Labute approximate surface area is 415 Å². The van der Waals surface area contributed by atoms with Gasteiger partial charge in [0.05, 0.1) is 22.4 Å². The Morgan fingerprint density at radius 2 is 1.10 bits per heavy atom. The second kappa shape index (κ2) is 21.0. The van der Waals surface area contributed by atoms with Crippen molar-refractivity contribution >= 4 is 72.8 Å². The number of aryl methyl sites for hydroxylation is 2. The second-order valence-corrected chi connectivity index (χ2v) is 20.2. The van der Waals surface area contributed by atoms with Crippen LogP contribution in [0.2, 0.25) is 5.02 Å². The monoisotopic (exact) mass is 1010 g/mol. The number of hydrogen-bond donors (Lipinski definition) is 4. The molecule has 2 aliphatic carbocycles. The molecule has 0 unspecified atom stereocenters. The first-order chi connectivity index (χ1) is 33.6. The van der Waals surface area contributed by atoms with Gasteiger partial charge in [-0.25, -0.2) is 9.97 Å². The Morgan fingerprint density at radius 3 is 1.58 bits per heavy atom. The quantitative estimate of drug-likeness (QED) is 0.0836. The lowest BCUT2D eigenvalue weighted by Crippen LogP contribution is -2.26. The van der Waals surface area contributed by atoms with Crippen LogP contribution in [0.1, 0.15) is 83.2 Å². The van der Waals surface area contributed by atoms with E-state index >= 15 is 0 Å². The van der Waals surface area contributed by atoms with E-state index in [-0.39, 0.29) is 11.8 Å². The molecule has 7 aromatic rings. The number of amides is 2. The lowest BCUT2D eigenvalue weighted by molar-refractivity contribution is 0.0698. The van der Waals surface area contributed by atoms with Crippen molar-refractivity contribution in [1.29, 1.82) is 0 Å². The Balaban J connectivity index is 0.000000164. The number of carbonyl (C=O) groups excluding carboxylic acids is 2. The van der Waals surface area contributed by atoms with Gasteiger partial charge in [-0.2, -0.15) is 0 Å². The van der Waals surface area contributed by atoms with Crippen molar-refractivity contribution < 1.29 is 23.8 Å². The zero-order valence-electron chi connectivity index (χ0n) is 39.0. The van der Waals surface area contributed by atoms with E-state index in [0.717, 1.165) is 157 Å². The van der Waals surface area contributed by atoms with Gasteiger partial charge in [0.15, 0.2) is 0 Å². The van der Waals surface area contributed by atoms with Crippen LogP contribution in [-0.4, -0.2) is 82.5 Å². The van der Waals surface area contributed by atoms with Gasteiger partial charge in [-0.15, -0.1) is 0 Å². The van der Waals surface area contributed by atoms with E-state index in [0.29, 0.717) is 46.0 Å². The molecular weight excluding hydrogens is 956 g/mol. The maximum absolute atomic E-state index is 12.6. The summed E-state index contributed by atoms with van der Waals surface area (Å²) in [4.78, 5) is 34.6. The van der Waals surface area contributed by atoms with Gasteiger partial charge >= 0.3 is 0 Å². The Morgan fingerprint density at radius 1 is 0.623 bits per heavy atom. The van der Waals surface area contributed by atoms with Crippen LogP contribution in [0.4, 0.5) is 11.4 Å². The SMILES string of the molecule is Cc1cc(-n2cnc3c(NCC4CCOCC4)cc(Br)cc32)ccc1C(=O)NC1CC1.Cc1cc(-n2cnc3c(NCC4CCOCC4)cc(Oc4ccc(Cl)cc4)cc32)ccc1C(=O)NC1CC1. The lowest BCUT2D eigenvalue weighted by atomic mass is 10.0. The van der Waals surface area contributed by atoms with E-state index in [4.69, 9.17) is 35.8 Å². The van der Waals surface area contributed by atoms with Crippen LogP contribution < -0.4 is 26.0 Å². The zero-order valence-corrected chi connectivity index (χ0v) is 41.4. The molecule has 5 aromatic carbocycles. The van der Waals surface area contributed by atoms with Gasteiger partial charge in [-0.1, -0.05) is 27.5 Å². The van der Waals surface area contributed by atoms with E-state index in [1.54, 1.807) is 0 Å². The molecule has 4 N–H and O–H groups in total. The average molecular weight is 1010 g/mol. The highest BCUT2D eigenvalue weighted by molar-refractivity contribution is 9.10. The fourth-order valence-electron chi connectivity index (χ4n) is 9.05. The second-order valence-electron chi connectivity index (χ2n) is 18.8. The molecule has 2 aromatic heterocycles. The molecule has 4 aliphatic rings. The van der Waals surface area contributed by atoms with Crippen LogP contribution in [-0.2, 0) is 9.47 Å². The lowest BCUT2D eigenvalue weighted by Gasteiger charge is -2.23. The number of imidazole rings is 2. The number of nitrogens with one attached hydrogen (secondary N) is 4.